The first-order valence-corrected chi connectivity index (χ1v) is 6.58. The van der Waals surface area contributed by atoms with E-state index >= 15 is 0 Å². The predicted molar refractivity (Wildman–Crippen MR) is 73.7 cm³/mol. The van der Waals surface area contributed by atoms with Crippen molar-refractivity contribution in [3.8, 4) is 0 Å². The summed E-state index contributed by atoms with van der Waals surface area (Å²) in [6, 6.07) is 1.77. The van der Waals surface area contributed by atoms with Crippen molar-refractivity contribution in [2.24, 2.45) is 0 Å². The van der Waals surface area contributed by atoms with Crippen molar-refractivity contribution in [1.82, 2.24) is 15.5 Å². The van der Waals surface area contributed by atoms with Gasteiger partial charge in [-0.05, 0) is 26.3 Å². The summed E-state index contributed by atoms with van der Waals surface area (Å²) in [6.45, 7) is 5.99. The van der Waals surface area contributed by atoms with Gasteiger partial charge in [0.1, 0.15) is 9.71 Å². The molecule has 0 radical (unpaired) electrons. The van der Waals surface area contributed by atoms with Gasteiger partial charge >= 0.3 is 0 Å². The van der Waals surface area contributed by atoms with E-state index < -0.39 is 0 Å². The van der Waals surface area contributed by atoms with Gasteiger partial charge in [-0.2, -0.15) is 5.10 Å². The second-order valence-electron chi connectivity index (χ2n) is 4.79. The van der Waals surface area contributed by atoms with Crippen LogP contribution in [0.5, 0.6) is 0 Å². The Kier molecular flexibility index (Phi) is 3.21. The molecule has 96 valence electrons. The number of carbonyl (C=O) groups is 1. The van der Waals surface area contributed by atoms with Gasteiger partial charge in [0.25, 0.3) is 5.91 Å². The van der Waals surface area contributed by atoms with Crippen LogP contribution in [0.2, 0.25) is 0 Å². The van der Waals surface area contributed by atoms with Gasteiger partial charge in [-0.15, -0.1) is 16.4 Å². The average molecular weight is 264 g/mol. The van der Waals surface area contributed by atoms with Gasteiger partial charge < -0.3 is 11.1 Å². The van der Waals surface area contributed by atoms with E-state index in [1.54, 1.807) is 12.3 Å². The zero-order valence-electron chi connectivity index (χ0n) is 10.7. The molecule has 0 aliphatic carbocycles. The molecule has 0 aromatic carbocycles. The van der Waals surface area contributed by atoms with Gasteiger partial charge in [0, 0.05) is 10.9 Å². The number of aromatic nitrogens is 2. The van der Waals surface area contributed by atoms with Gasteiger partial charge in [0.05, 0.1) is 11.9 Å². The first-order valence-electron chi connectivity index (χ1n) is 5.77. The van der Waals surface area contributed by atoms with Crippen molar-refractivity contribution in [1.29, 1.82) is 0 Å². The van der Waals surface area contributed by atoms with E-state index in [0.717, 1.165) is 11.8 Å². The lowest BCUT2D eigenvalue weighted by atomic mass is 10.0. The number of thiophene rings is 1. The minimum atomic E-state index is -0.245. The fourth-order valence-corrected chi connectivity index (χ4v) is 2.43. The molecule has 0 aliphatic heterocycles. The van der Waals surface area contributed by atoms with Crippen molar-refractivity contribution in [2.45, 2.75) is 32.7 Å². The highest BCUT2D eigenvalue weighted by Crippen LogP contribution is 2.31. The van der Waals surface area contributed by atoms with Gasteiger partial charge in [0.2, 0.25) is 0 Å². The molecule has 1 amide bonds. The Morgan fingerprint density at radius 3 is 2.89 bits per heavy atom. The summed E-state index contributed by atoms with van der Waals surface area (Å²) in [7, 11) is 0. The maximum atomic E-state index is 12.2. The molecule has 2 heterocycles. The second-order valence-corrected chi connectivity index (χ2v) is 5.79. The van der Waals surface area contributed by atoms with Crippen molar-refractivity contribution < 1.29 is 4.79 Å². The van der Waals surface area contributed by atoms with E-state index in [-0.39, 0.29) is 11.4 Å². The molecule has 2 aromatic rings. The first-order chi connectivity index (χ1) is 8.44. The molecule has 0 saturated heterocycles. The van der Waals surface area contributed by atoms with E-state index in [4.69, 9.17) is 5.73 Å². The molecule has 0 fully saturated rings. The van der Waals surface area contributed by atoms with Crippen LogP contribution in [0.25, 0.3) is 10.2 Å². The Balaban J connectivity index is 2.37. The fraction of sp³-hybridized carbons (Fsp3) is 0.417. The van der Waals surface area contributed by atoms with Crippen molar-refractivity contribution in [2.75, 3.05) is 5.73 Å². The summed E-state index contributed by atoms with van der Waals surface area (Å²) in [6.07, 6.45) is 2.42. The number of nitrogens with one attached hydrogen (secondary N) is 1. The lowest BCUT2D eigenvalue weighted by Gasteiger charge is -2.24. The predicted octanol–water partition coefficient (Wildman–Crippen LogP) is 2.19. The monoisotopic (exact) mass is 264 g/mol. The van der Waals surface area contributed by atoms with Crippen molar-refractivity contribution in [3.63, 3.8) is 0 Å². The van der Waals surface area contributed by atoms with E-state index in [2.05, 4.69) is 15.5 Å². The van der Waals surface area contributed by atoms with Crippen LogP contribution >= 0.6 is 11.3 Å². The Morgan fingerprint density at radius 2 is 2.28 bits per heavy atom. The third-order valence-electron chi connectivity index (χ3n) is 2.96. The first kappa shape index (κ1) is 12.8. The number of hydrogen-bond donors (Lipinski definition) is 2. The molecule has 0 unspecified atom stereocenters. The SMILES string of the molecule is CCC(C)(C)NC(=O)c1sc2nnccc2c1N. The van der Waals surface area contributed by atoms with Crippen LogP contribution in [0.15, 0.2) is 12.3 Å². The minimum absolute atomic E-state index is 0.151. The van der Waals surface area contributed by atoms with E-state index in [0.29, 0.717) is 15.4 Å². The number of nitrogens with zero attached hydrogens (tertiary/aromatic N) is 2. The molecule has 0 atom stereocenters. The molecule has 5 nitrogen and oxygen atoms in total. The van der Waals surface area contributed by atoms with Crippen LogP contribution in [0, 0.1) is 0 Å². The second kappa shape index (κ2) is 4.53. The summed E-state index contributed by atoms with van der Waals surface area (Å²) in [5, 5.41) is 11.5. The highest BCUT2D eigenvalue weighted by atomic mass is 32.1. The number of fused-ring (bicyclic) bond motifs is 1. The number of anilines is 1. The fourth-order valence-electron chi connectivity index (χ4n) is 1.49. The van der Waals surface area contributed by atoms with E-state index in [1.807, 2.05) is 20.8 Å². The van der Waals surface area contributed by atoms with Crippen LogP contribution in [-0.2, 0) is 0 Å². The van der Waals surface area contributed by atoms with Crippen LogP contribution < -0.4 is 11.1 Å². The zero-order chi connectivity index (χ0) is 13.3. The van der Waals surface area contributed by atoms with Crippen LogP contribution in [-0.4, -0.2) is 21.6 Å². The van der Waals surface area contributed by atoms with Gasteiger partial charge in [-0.3, -0.25) is 4.79 Å². The molecular formula is C12H16N4OS. The van der Waals surface area contributed by atoms with Gasteiger partial charge in [0.15, 0.2) is 0 Å². The molecule has 0 bridgehead atoms. The van der Waals surface area contributed by atoms with Crippen molar-refractivity contribution >= 4 is 33.1 Å². The standard InChI is InChI=1S/C12H16N4OS/c1-4-12(2,3)15-10(17)9-8(13)7-5-6-14-16-11(7)18-9/h5-6H,4,13H2,1-3H3,(H,15,17). The molecule has 18 heavy (non-hydrogen) atoms. The Hall–Kier alpha value is -1.69. The summed E-state index contributed by atoms with van der Waals surface area (Å²) >= 11 is 1.27. The minimum Gasteiger partial charge on any atom is -0.397 e. The molecule has 3 N–H and O–H groups in total. The topological polar surface area (TPSA) is 80.9 Å². The molecule has 0 saturated carbocycles. The molecular weight excluding hydrogens is 248 g/mol. The zero-order valence-corrected chi connectivity index (χ0v) is 11.5. The maximum absolute atomic E-state index is 12.2. The average Bonchev–Trinajstić information content (AvgIpc) is 2.67. The molecule has 0 spiro atoms. The summed E-state index contributed by atoms with van der Waals surface area (Å²) in [5.41, 5.74) is 6.22. The Morgan fingerprint density at radius 1 is 1.56 bits per heavy atom. The molecule has 2 rings (SSSR count). The Bertz CT molecular complexity index is 591. The Labute approximate surface area is 109 Å². The van der Waals surface area contributed by atoms with Crippen LogP contribution in [0.4, 0.5) is 5.69 Å². The number of rotatable bonds is 3. The highest BCUT2D eigenvalue weighted by molar-refractivity contribution is 7.21. The quantitative estimate of drug-likeness (QED) is 0.890. The van der Waals surface area contributed by atoms with E-state index in [1.165, 1.54) is 11.3 Å². The highest BCUT2D eigenvalue weighted by Gasteiger charge is 2.23. The van der Waals surface area contributed by atoms with E-state index in [9.17, 15) is 4.79 Å². The number of nitrogen functional groups attached to an aromatic ring is 1. The summed E-state index contributed by atoms with van der Waals surface area (Å²) in [4.78, 5) is 13.4. The summed E-state index contributed by atoms with van der Waals surface area (Å²) in [5.74, 6) is -0.151. The smallest absolute Gasteiger partial charge is 0.263 e. The number of hydrogen-bond acceptors (Lipinski definition) is 5. The third kappa shape index (κ3) is 2.28. The third-order valence-corrected chi connectivity index (χ3v) is 4.07. The van der Waals surface area contributed by atoms with Gasteiger partial charge in [-0.25, -0.2) is 0 Å². The van der Waals surface area contributed by atoms with Crippen LogP contribution in [0.1, 0.15) is 36.9 Å². The normalized spacial score (nSPS) is 11.7. The molecule has 6 heteroatoms. The van der Waals surface area contributed by atoms with Crippen molar-refractivity contribution in [3.05, 3.63) is 17.1 Å². The largest absolute Gasteiger partial charge is 0.397 e. The number of nitrogens with two attached hydrogens (primary N) is 1. The lowest BCUT2D eigenvalue weighted by Crippen LogP contribution is -2.42. The number of carbonyl (C=O) groups excluding carboxylic acids is 1. The van der Waals surface area contributed by atoms with Gasteiger partial charge in [-0.1, -0.05) is 6.92 Å². The molecule has 0 aliphatic rings. The maximum Gasteiger partial charge on any atom is 0.263 e. The summed E-state index contributed by atoms with van der Waals surface area (Å²) < 4.78 is 0. The van der Waals surface area contributed by atoms with Crippen LogP contribution in [0.3, 0.4) is 0 Å². The molecule has 2 aromatic heterocycles. The lowest BCUT2D eigenvalue weighted by molar-refractivity contribution is 0.0916. The number of amides is 1.